The number of rotatable bonds is 1. The lowest BCUT2D eigenvalue weighted by molar-refractivity contribution is 0.665. The summed E-state index contributed by atoms with van der Waals surface area (Å²) in [4.78, 5) is 9.01. The highest BCUT2D eigenvalue weighted by molar-refractivity contribution is 5.71. The standard InChI is InChI=1S/C11H14N4/c1-15-10(8-4-6-12-7-8)14-9-3-2-5-13-11(9)15/h2-3,5,8,12H,4,6-7H2,1H3. The Bertz CT molecular complexity index is 482. The van der Waals surface area contributed by atoms with Crippen molar-refractivity contribution in [1.82, 2.24) is 19.9 Å². The van der Waals surface area contributed by atoms with Crippen LogP contribution < -0.4 is 5.32 Å². The Morgan fingerprint density at radius 1 is 1.53 bits per heavy atom. The van der Waals surface area contributed by atoms with Gasteiger partial charge in [-0.1, -0.05) is 0 Å². The van der Waals surface area contributed by atoms with Gasteiger partial charge in [-0.15, -0.1) is 0 Å². The molecule has 1 saturated heterocycles. The normalized spacial score (nSPS) is 21.3. The van der Waals surface area contributed by atoms with Crippen LogP contribution in [0.4, 0.5) is 0 Å². The molecule has 1 aliphatic heterocycles. The lowest BCUT2D eigenvalue weighted by Crippen LogP contribution is -2.11. The number of hydrogen-bond donors (Lipinski definition) is 1. The molecule has 4 heteroatoms. The van der Waals surface area contributed by atoms with E-state index in [4.69, 9.17) is 0 Å². The van der Waals surface area contributed by atoms with Crippen molar-refractivity contribution in [1.29, 1.82) is 0 Å². The molecule has 3 heterocycles. The highest BCUT2D eigenvalue weighted by Gasteiger charge is 2.22. The third-order valence-corrected chi connectivity index (χ3v) is 3.09. The van der Waals surface area contributed by atoms with Crippen LogP contribution in [0.25, 0.3) is 11.2 Å². The predicted molar refractivity (Wildman–Crippen MR) is 58.7 cm³/mol. The van der Waals surface area contributed by atoms with Gasteiger partial charge in [0.1, 0.15) is 11.3 Å². The molecule has 4 nitrogen and oxygen atoms in total. The second kappa shape index (κ2) is 3.31. The van der Waals surface area contributed by atoms with Crippen molar-refractivity contribution < 1.29 is 0 Å². The molecule has 15 heavy (non-hydrogen) atoms. The first kappa shape index (κ1) is 8.85. The van der Waals surface area contributed by atoms with Gasteiger partial charge in [-0.25, -0.2) is 9.97 Å². The van der Waals surface area contributed by atoms with E-state index in [1.165, 1.54) is 6.42 Å². The molecule has 0 saturated carbocycles. The molecule has 1 atom stereocenters. The van der Waals surface area contributed by atoms with Crippen molar-refractivity contribution in [3.05, 3.63) is 24.2 Å². The molecule has 3 rings (SSSR count). The summed E-state index contributed by atoms with van der Waals surface area (Å²) in [5.41, 5.74) is 1.99. The summed E-state index contributed by atoms with van der Waals surface area (Å²) in [6, 6.07) is 3.96. The maximum absolute atomic E-state index is 4.65. The average Bonchev–Trinajstić information content (AvgIpc) is 2.87. The van der Waals surface area contributed by atoms with Crippen molar-refractivity contribution in [2.75, 3.05) is 13.1 Å². The number of aryl methyl sites for hydroxylation is 1. The molecule has 0 aromatic carbocycles. The molecule has 0 bridgehead atoms. The maximum Gasteiger partial charge on any atom is 0.159 e. The fourth-order valence-corrected chi connectivity index (χ4v) is 2.28. The second-order valence-corrected chi connectivity index (χ2v) is 4.06. The number of aromatic nitrogens is 3. The summed E-state index contributed by atoms with van der Waals surface area (Å²) >= 11 is 0. The zero-order valence-corrected chi connectivity index (χ0v) is 8.77. The van der Waals surface area contributed by atoms with Crippen LogP contribution in [0.15, 0.2) is 18.3 Å². The van der Waals surface area contributed by atoms with Crippen molar-refractivity contribution in [2.45, 2.75) is 12.3 Å². The first-order valence-electron chi connectivity index (χ1n) is 5.34. The van der Waals surface area contributed by atoms with Crippen LogP contribution in [-0.2, 0) is 7.05 Å². The summed E-state index contributed by atoms with van der Waals surface area (Å²) in [6.07, 6.45) is 3.00. The third-order valence-electron chi connectivity index (χ3n) is 3.09. The number of fused-ring (bicyclic) bond motifs is 1. The molecule has 2 aromatic heterocycles. The predicted octanol–water partition coefficient (Wildman–Crippen LogP) is 1.05. The van der Waals surface area contributed by atoms with E-state index in [1.807, 2.05) is 18.3 Å². The van der Waals surface area contributed by atoms with Crippen LogP contribution in [0.1, 0.15) is 18.2 Å². The van der Waals surface area contributed by atoms with Gasteiger partial charge in [0.25, 0.3) is 0 Å². The highest BCUT2D eigenvalue weighted by Crippen LogP contribution is 2.23. The van der Waals surface area contributed by atoms with Crippen molar-refractivity contribution in [3.8, 4) is 0 Å². The van der Waals surface area contributed by atoms with Crippen LogP contribution in [0.2, 0.25) is 0 Å². The molecule has 1 N–H and O–H groups in total. The molecule has 0 spiro atoms. The molecule has 1 unspecified atom stereocenters. The van der Waals surface area contributed by atoms with Crippen LogP contribution in [0.5, 0.6) is 0 Å². The van der Waals surface area contributed by atoms with Gasteiger partial charge in [-0.2, -0.15) is 0 Å². The molecule has 0 amide bonds. The zero-order chi connectivity index (χ0) is 10.3. The van der Waals surface area contributed by atoms with Crippen molar-refractivity contribution in [2.24, 2.45) is 7.05 Å². The van der Waals surface area contributed by atoms with E-state index in [9.17, 15) is 0 Å². The van der Waals surface area contributed by atoms with Crippen molar-refractivity contribution in [3.63, 3.8) is 0 Å². The highest BCUT2D eigenvalue weighted by atomic mass is 15.1. The number of nitrogens with one attached hydrogen (secondary N) is 1. The molecular formula is C11H14N4. The minimum Gasteiger partial charge on any atom is -0.316 e. The van der Waals surface area contributed by atoms with Gasteiger partial charge in [0, 0.05) is 25.7 Å². The third kappa shape index (κ3) is 1.33. The molecule has 0 aliphatic carbocycles. The number of nitrogens with zero attached hydrogens (tertiary/aromatic N) is 3. The number of imidazole rings is 1. The first-order chi connectivity index (χ1) is 7.36. The topological polar surface area (TPSA) is 42.7 Å². The van der Waals surface area contributed by atoms with Crippen LogP contribution in [0, 0.1) is 0 Å². The van der Waals surface area contributed by atoms with Crippen LogP contribution >= 0.6 is 0 Å². The van der Waals surface area contributed by atoms with Gasteiger partial charge in [-0.05, 0) is 25.1 Å². The average molecular weight is 202 g/mol. The maximum atomic E-state index is 4.65. The van der Waals surface area contributed by atoms with E-state index < -0.39 is 0 Å². The Labute approximate surface area is 88.3 Å². The molecular weight excluding hydrogens is 188 g/mol. The molecule has 1 fully saturated rings. The van der Waals surface area contributed by atoms with Gasteiger partial charge < -0.3 is 9.88 Å². The van der Waals surface area contributed by atoms with Gasteiger partial charge in [0.15, 0.2) is 5.65 Å². The first-order valence-corrected chi connectivity index (χ1v) is 5.34. The van der Waals surface area contributed by atoms with E-state index in [0.29, 0.717) is 5.92 Å². The zero-order valence-electron chi connectivity index (χ0n) is 8.77. The summed E-state index contributed by atoms with van der Waals surface area (Å²) in [7, 11) is 2.05. The van der Waals surface area contributed by atoms with Gasteiger partial charge in [-0.3, -0.25) is 0 Å². The van der Waals surface area contributed by atoms with Crippen LogP contribution in [0.3, 0.4) is 0 Å². The van der Waals surface area contributed by atoms with E-state index >= 15 is 0 Å². The Kier molecular flexibility index (Phi) is 1.95. The summed E-state index contributed by atoms with van der Waals surface area (Å²) in [5, 5.41) is 3.37. The Morgan fingerprint density at radius 2 is 2.47 bits per heavy atom. The quantitative estimate of drug-likeness (QED) is 0.751. The lowest BCUT2D eigenvalue weighted by Gasteiger charge is -2.07. The largest absolute Gasteiger partial charge is 0.316 e. The Balaban J connectivity index is 2.14. The minimum absolute atomic E-state index is 0.546. The minimum atomic E-state index is 0.546. The van der Waals surface area contributed by atoms with Gasteiger partial charge in [0.05, 0.1) is 0 Å². The summed E-state index contributed by atoms with van der Waals surface area (Å²) in [5.74, 6) is 1.71. The van der Waals surface area contributed by atoms with E-state index in [1.54, 1.807) is 0 Å². The summed E-state index contributed by atoms with van der Waals surface area (Å²) in [6.45, 7) is 2.14. The summed E-state index contributed by atoms with van der Waals surface area (Å²) < 4.78 is 2.12. The van der Waals surface area contributed by atoms with E-state index in [-0.39, 0.29) is 0 Å². The smallest absolute Gasteiger partial charge is 0.159 e. The molecule has 0 radical (unpaired) electrons. The monoisotopic (exact) mass is 202 g/mol. The SMILES string of the molecule is Cn1c(C2CCNC2)nc2cccnc21. The van der Waals surface area contributed by atoms with Gasteiger partial charge in [0.2, 0.25) is 0 Å². The molecule has 2 aromatic rings. The number of hydrogen-bond acceptors (Lipinski definition) is 3. The fraction of sp³-hybridized carbons (Fsp3) is 0.455. The van der Waals surface area contributed by atoms with Crippen molar-refractivity contribution >= 4 is 11.2 Å². The lowest BCUT2D eigenvalue weighted by atomic mass is 10.1. The molecule has 78 valence electrons. The van der Waals surface area contributed by atoms with E-state index in [0.717, 1.165) is 30.1 Å². The fourth-order valence-electron chi connectivity index (χ4n) is 2.28. The van der Waals surface area contributed by atoms with Gasteiger partial charge >= 0.3 is 0 Å². The van der Waals surface area contributed by atoms with E-state index in [2.05, 4.69) is 26.9 Å². The Hall–Kier alpha value is -1.42. The van der Waals surface area contributed by atoms with Crippen LogP contribution in [-0.4, -0.2) is 27.6 Å². The number of pyridine rings is 1. The Morgan fingerprint density at radius 3 is 3.20 bits per heavy atom. The second-order valence-electron chi connectivity index (χ2n) is 4.06. The molecule has 1 aliphatic rings.